The standard InChI is InChI=1S/C15H17ClN4S/c1-10(21-14-17-6-3-7-18-14)15(2,16)13-19-8-12(9-20-13)11-4-5-11/h3,6-11H,4-5H2,1-2H3. The molecule has 1 fully saturated rings. The third-order valence-corrected chi connectivity index (χ3v) is 5.62. The summed E-state index contributed by atoms with van der Waals surface area (Å²) in [6, 6.07) is 1.80. The Bertz CT molecular complexity index is 599. The Kier molecular flexibility index (Phi) is 4.13. The Balaban J connectivity index is 1.74. The Morgan fingerprint density at radius 1 is 1.19 bits per heavy atom. The molecule has 4 nitrogen and oxygen atoms in total. The van der Waals surface area contributed by atoms with Crippen LogP contribution in [-0.2, 0) is 4.87 Å². The van der Waals surface area contributed by atoms with Gasteiger partial charge in [-0.2, -0.15) is 0 Å². The molecule has 0 aliphatic heterocycles. The van der Waals surface area contributed by atoms with E-state index >= 15 is 0 Å². The summed E-state index contributed by atoms with van der Waals surface area (Å²) in [6.07, 6.45) is 9.79. The summed E-state index contributed by atoms with van der Waals surface area (Å²) >= 11 is 8.24. The molecular weight excluding hydrogens is 304 g/mol. The van der Waals surface area contributed by atoms with E-state index in [-0.39, 0.29) is 5.25 Å². The molecule has 1 aliphatic rings. The van der Waals surface area contributed by atoms with E-state index in [0.29, 0.717) is 16.9 Å². The van der Waals surface area contributed by atoms with E-state index in [1.54, 1.807) is 18.5 Å². The lowest BCUT2D eigenvalue weighted by molar-refractivity contribution is 0.614. The van der Waals surface area contributed by atoms with Crippen LogP contribution < -0.4 is 0 Å². The number of aromatic nitrogens is 4. The third kappa shape index (κ3) is 3.35. The predicted molar refractivity (Wildman–Crippen MR) is 84.6 cm³/mol. The van der Waals surface area contributed by atoms with E-state index in [0.717, 1.165) is 0 Å². The van der Waals surface area contributed by atoms with Gasteiger partial charge in [0.25, 0.3) is 0 Å². The van der Waals surface area contributed by atoms with E-state index in [2.05, 4.69) is 19.9 Å². The number of rotatable bonds is 5. The van der Waals surface area contributed by atoms with Crippen LogP contribution in [0.15, 0.2) is 36.0 Å². The van der Waals surface area contributed by atoms with Crippen LogP contribution in [0.4, 0.5) is 0 Å². The van der Waals surface area contributed by atoms with Crippen molar-refractivity contribution in [3.8, 4) is 0 Å². The highest BCUT2D eigenvalue weighted by molar-refractivity contribution is 7.99. The zero-order chi connectivity index (χ0) is 14.9. The molecule has 2 atom stereocenters. The van der Waals surface area contributed by atoms with Crippen LogP contribution in [0.1, 0.15) is 44.0 Å². The lowest BCUT2D eigenvalue weighted by Crippen LogP contribution is -2.28. The second kappa shape index (κ2) is 5.89. The minimum Gasteiger partial charge on any atom is -0.239 e. The fraction of sp³-hybridized carbons (Fsp3) is 0.467. The van der Waals surface area contributed by atoms with Gasteiger partial charge in [0.15, 0.2) is 5.16 Å². The van der Waals surface area contributed by atoms with E-state index in [1.807, 2.05) is 26.2 Å². The normalized spacial score (nSPS) is 19.0. The number of hydrogen-bond donors (Lipinski definition) is 0. The highest BCUT2D eigenvalue weighted by Crippen LogP contribution is 2.41. The van der Waals surface area contributed by atoms with E-state index in [9.17, 15) is 0 Å². The van der Waals surface area contributed by atoms with Gasteiger partial charge in [-0.05, 0) is 37.3 Å². The molecule has 0 amide bonds. The van der Waals surface area contributed by atoms with Crippen LogP contribution in [0.5, 0.6) is 0 Å². The molecule has 1 saturated carbocycles. The molecule has 0 N–H and O–H groups in total. The highest BCUT2D eigenvalue weighted by atomic mass is 35.5. The lowest BCUT2D eigenvalue weighted by Gasteiger charge is -2.26. The van der Waals surface area contributed by atoms with Crippen molar-refractivity contribution in [2.24, 2.45) is 0 Å². The fourth-order valence-corrected chi connectivity index (χ4v) is 3.13. The smallest absolute Gasteiger partial charge is 0.187 e. The highest BCUT2D eigenvalue weighted by Gasteiger charge is 2.35. The third-order valence-electron chi connectivity index (χ3n) is 3.75. The summed E-state index contributed by atoms with van der Waals surface area (Å²) in [5.41, 5.74) is 1.22. The van der Waals surface area contributed by atoms with Crippen LogP contribution in [-0.4, -0.2) is 25.2 Å². The maximum absolute atomic E-state index is 6.71. The van der Waals surface area contributed by atoms with Gasteiger partial charge in [-0.15, -0.1) is 11.6 Å². The molecule has 3 rings (SSSR count). The van der Waals surface area contributed by atoms with Gasteiger partial charge in [-0.3, -0.25) is 0 Å². The summed E-state index contributed by atoms with van der Waals surface area (Å²) in [7, 11) is 0. The summed E-state index contributed by atoms with van der Waals surface area (Å²) in [4.78, 5) is 16.7. The maximum Gasteiger partial charge on any atom is 0.187 e. The number of alkyl halides is 1. The molecular formula is C15H17ClN4S. The Labute approximate surface area is 133 Å². The second-order valence-corrected chi connectivity index (χ2v) is 7.57. The molecule has 0 saturated heterocycles. The van der Waals surface area contributed by atoms with Crippen molar-refractivity contribution in [2.45, 2.75) is 47.9 Å². The zero-order valence-electron chi connectivity index (χ0n) is 12.0. The van der Waals surface area contributed by atoms with E-state index < -0.39 is 4.87 Å². The molecule has 2 unspecified atom stereocenters. The van der Waals surface area contributed by atoms with Gasteiger partial charge >= 0.3 is 0 Å². The molecule has 6 heteroatoms. The van der Waals surface area contributed by atoms with Gasteiger partial charge in [0, 0.05) is 30.0 Å². The van der Waals surface area contributed by atoms with Crippen LogP contribution >= 0.6 is 23.4 Å². The SMILES string of the molecule is CC(Sc1ncccn1)C(C)(Cl)c1ncc(C2CC2)cn1. The van der Waals surface area contributed by atoms with Crippen molar-refractivity contribution in [1.29, 1.82) is 0 Å². The van der Waals surface area contributed by atoms with Crippen LogP contribution in [0.2, 0.25) is 0 Å². The first-order valence-corrected chi connectivity index (χ1v) is 8.28. The molecule has 21 heavy (non-hydrogen) atoms. The summed E-state index contributed by atoms with van der Waals surface area (Å²) in [6.45, 7) is 3.99. The molecule has 110 valence electrons. The minimum atomic E-state index is -0.661. The molecule has 2 aromatic heterocycles. The van der Waals surface area contributed by atoms with E-state index in [1.165, 1.54) is 30.2 Å². The van der Waals surface area contributed by atoms with Crippen LogP contribution in [0.3, 0.4) is 0 Å². The van der Waals surface area contributed by atoms with Gasteiger partial charge in [-0.25, -0.2) is 19.9 Å². The molecule has 0 aromatic carbocycles. The average Bonchev–Trinajstić information content (AvgIpc) is 3.33. The summed E-state index contributed by atoms with van der Waals surface area (Å²) in [5.74, 6) is 1.31. The first-order valence-electron chi connectivity index (χ1n) is 7.02. The van der Waals surface area contributed by atoms with Crippen LogP contribution in [0, 0.1) is 0 Å². The number of nitrogens with zero attached hydrogens (tertiary/aromatic N) is 4. The van der Waals surface area contributed by atoms with Gasteiger partial charge in [0.05, 0.1) is 0 Å². The van der Waals surface area contributed by atoms with Crippen molar-refractivity contribution in [2.75, 3.05) is 0 Å². The topological polar surface area (TPSA) is 51.6 Å². The van der Waals surface area contributed by atoms with Crippen molar-refractivity contribution >= 4 is 23.4 Å². The molecule has 2 aromatic rings. The molecule has 0 bridgehead atoms. The van der Waals surface area contributed by atoms with E-state index in [4.69, 9.17) is 11.6 Å². The average molecular weight is 321 g/mol. The summed E-state index contributed by atoms with van der Waals surface area (Å²) < 4.78 is 0. The monoisotopic (exact) mass is 320 g/mol. The van der Waals surface area contributed by atoms with Gasteiger partial charge in [-0.1, -0.05) is 18.7 Å². The fourth-order valence-electron chi connectivity index (χ4n) is 2.01. The Morgan fingerprint density at radius 2 is 1.81 bits per heavy atom. The minimum absolute atomic E-state index is 0.0494. The quantitative estimate of drug-likeness (QED) is 0.477. The molecule has 1 aliphatic carbocycles. The van der Waals surface area contributed by atoms with Gasteiger partial charge in [0.2, 0.25) is 0 Å². The second-order valence-electron chi connectivity index (χ2n) is 5.48. The van der Waals surface area contributed by atoms with Crippen molar-refractivity contribution in [1.82, 2.24) is 19.9 Å². The van der Waals surface area contributed by atoms with Crippen molar-refractivity contribution in [3.05, 3.63) is 42.2 Å². The predicted octanol–water partition coefficient (Wildman–Crippen LogP) is 3.78. The molecule has 0 radical (unpaired) electrons. The Morgan fingerprint density at radius 3 is 2.38 bits per heavy atom. The van der Waals surface area contributed by atoms with Gasteiger partial charge in [0.1, 0.15) is 10.7 Å². The van der Waals surface area contributed by atoms with Crippen molar-refractivity contribution < 1.29 is 0 Å². The number of halogens is 1. The number of hydrogen-bond acceptors (Lipinski definition) is 5. The maximum atomic E-state index is 6.71. The number of thioether (sulfide) groups is 1. The summed E-state index contributed by atoms with van der Waals surface area (Å²) in [5, 5.41) is 0.764. The zero-order valence-corrected chi connectivity index (χ0v) is 13.6. The van der Waals surface area contributed by atoms with Gasteiger partial charge < -0.3 is 0 Å². The first-order chi connectivity index (χ1) is 10.1. The molecule has 2 heterocycles. The van der Waals surface area contributed by atoms with Crippen molar-refractivity contribution in [3.63, 3.8) is 0 Å². The van der Waals surface area contributed by atoms with Crippen LogP contribution in [0.25, 0.3) is 0 Å². The Hall–Kier alpha value is -1.20. The first kappa shape index (κ1) is 14.7. The molecule has 0 spiro atoms. The largest absolute Gasteiger partial charge is 0.239 e. The lowest BCUT2D eigenvalue weighted by atomic mass is 10.1.